The van der Waals surface area contributed by atoms with Gasteiger partial charge < -0.3 is 14.2 Å². The Morgan fingerprint density at radius 1 is 0.276 bits per heavy atom. The van der Waals surface area contributed by atoms with Crippen molar-refractivity contribution in [3.63, 3.8) is 0 Å². The number of ether oxygens (including phenoxy) is 3. The van der Waals surface area contributed by atoms with E-state index < -0.39 is 6.10 Å². The second kappa shape index (κ2) is 63.1. The van der Waals surface area contributed by atoms with Gasteiger partial charge in [0.05, 0.1) is 0 Å². The lowest BCUT2D eigenvalue weighted by Gasteiger charge is -2.18. The molecule has 1 atom stereocenters. The Bertz CT molecular complexity index is 1630. The molecule has 0 N–H and O–H groups in total. The third kappa shape index (κ3) is 60.4. The molecule has 0 aromatic rings. The topological polar surface area (TPSA) is 78.9 Å². The minimum atomic E-state index is -0.809. The first kappa shape index (κ1) is 71.5. The summed E-state index contributed by atoms with van der Waals surface area (Å²) in [7, 11) is 0. The number of hydrogen-bond donors (Lipinski definition) is 0. The SMILES string of the molecule is CC/C=C\C/C=C\C/C=C\C/C=C\C/C=C\CCCCCCCCCCCCCC(=O)OCC(COC(=O)CCCC/C=C\C/C=C\C/C=C\C/C=C\CC)OC(=O)CCCCCCC/C=C\C/C=C\CCCCCC. The fourth-order valence-corrected chi connectivity index (χ4v) is 8.25. The van der Waals surface area contributed by atoms with E-state index in [-0.39, 0.29) is 31.1 Å². The van der Waals surface area contributed by atoms with Crippen LogP contribution in [0.5, 0.6) is 0 Å². The van der Waals surface area contributed by atoms with Crippen LogP contribution >= 0.6 is 0 Å². The van der Waals surface area contributed by atoms with Crippen molar-refractivity contribution in [2.75, 3.05) is 13.2 Å². The summed E-state index contributed by atoms with van der Waals surface area (Å²) in [6.07, 6.45) is 88.8. The molecule has 6 nitrogen and oxygen atoms in total. The Morgan fingerprint density at radius 2 is 0.513 bits per heavy atom. The first-order valence-corrected chi connectivity index (χ1v) is 31.2. The van der Waals surface area contributed by atoms with Gasteiger partial charge in [-0.25, -0.2) is 0 Å². The summed E-state index contributed by atoms with van der Waals surface area (Å²) < 4.78 is 16.9. The van der Waals surface area contributed by atoms with Gasteiger partial charge >= 0.3 is 17.9 Å². The van der Waals surface area contributed by atoms with E-state index in [1.807, 2.05) is 0 Å². The van der Waals surface area contributed by atoms with Crippen molar-refractivity contribution in [1.82, 2.24) is 0 Å². The second-order valence-electron chi connectivity index (χ2n) is 20.2. The molecule has 6 heteroatoms. The number of carbonyl (C=O) groups is 3. The maximum atomic E-state index is 12.9. The molecule has 0 aliphatic rings. The molecule has 0 radical (unpaired) electrons. The van der Waals surface area contributed by atoms with Gasteiger partial charge in [-0.1, -0.05) is 251 Å². The molecule has 0 spiro atoms. The number of allylic oxidation sites excluding steroid dienone is 22. The smallest absolute Gasteiger partial charge is 0.306 e. The van der Waals surface area contributed by atoms with Crippen LogP contribution in [0.15, 0.2) is 134 Å². The number of carbonyl (C=O) groups excluding carboxylic acids is 3. The molecular formula is C70H114O6. The van der Waals surface area contributed by atoms with E-state index in [4.69, 9.17) is 14.2 Å². The Hall–Kier alpha value is -4.45. The van der Waals surface area contributed by atoms with Gasteiger partial charge in [-0.15, -0.1) is 0 Å². The van der Waals surface area contributed by atoms with E-state index in [2.05, 4.69) is 154 Å². The third-order valence-corrected chi connectivity index (χ3v) is 12.9. The van der Waals surface area contributed by atoms with Gasteiger partial charge in [0.15, 0.2) is 6.10 Å². The highest BCUT2D eigenvalue weighted by Gasteiger charge is 2.19. The van der Waals surface area contributed by atoms with Gasteiger partial charge in [-0.3, -0.25) is 14.4 Å². The van der Waals surface area contributed by atoms with Crippen LogP contribution < -0.4 is 0 Å². The van der Waals surface area contributed by atoms with Gasteiger partial charge in [0.25, 0.3) is 0 Å². The van der Waals surface area contributed by atoms with E-state index >= 15 is 0 Å². The second-order valence-corrected chi connectivity index (χ2v) is 20.2. The van der Waals surface area contributed by atoms with Crippen molar-refractivity contribution in [2.45, 2.75) is 277 Å². The standard InChI is InChI=1S/C70H114O6/c1-4-7-10-13-16-19-22-25-28-30-31-32-33-34-35-36-37-38-39-40-43-45-48-51-54-57-60-63-69(72)75-66-67(65-74-68(71)62-59-56-53-50-47-44-41-27-24-21-18-15-12-9-6-3)76-70(73)64-61-58-55-52-49-46-42-29-26-23-20-17-14-11-8-5-2/h7,9-10,12,16,18-21,23,25,27-29,31-32,34-35,41-42,47,50,67H,4-6,8,11,13-15,17,22,24,26,30,33,36-40,43-46,48-49,51-66H2,1-3H3/b10-7-,12-9-,19-16-,21-18-,23-20-,28-25-,32-31-,35-34-,41-27-,42-29-,50-47-. The van der Waals surface area contributed by atoms with Gasteiger partial charge in [0.1, 0.15) is 13.2 Å². The quantitative estimate of drug-likeness (QED) is 0.0261. The number of unbranched alkanes of at least 4 members (excludes halogenated alkanes) is 22. The molecule has 430 valence electrons. The van der Waals surface area contributed by atoms with Gasteiger partial charge in [0.2, 0.25) is 0 Å². The van der Waals surface area contributed by atoms with Crippen LogP contribution in [0.1, 0.15) is 271 Å². The lowest BCUT2D eigenvalue weighted by Crippen LogP contribution is -2.30. The fraction of sp³-hybridized carbons (Fsp3) is 0.643. The molecule has 0 aromatic heterocycles. The number of hydrogen-bond acceptors (Lipinski definition) is 6. The molecule has 0 fully saturated rings. The maximum absolute atomic E-state index is 12.9. The molecule has 0 saturated heterocycles. The minimum Gasteiger partial charge on any atom is -0.462 e. The summed E-state index contributed by atoms with van der Waals surface area (Å²) >= 11 is 0. The van der Waals surface area contributed by atoms with Crippen molar-refractivity contribution in [3.05, 3.63) is 134 Å². The lowest BCUT2D eigenvalue weighted by atomic mass is 10.0. The highest BCUT2D eigenvalue weighted by Crippen LogP contribution is 2.15. The van der Waals surface area contributed by atoms with Crippen LogP contribution in [0.3, 0.4) is 0 Å². The molecule has 1 unspecified atom stereocenters. The summed E-state index contributed by atoms with van der Waals surface area (Å²) in [5.74, 6) is -0.961. The van der Waals surface area contributed by atoms with Gasteiger partial charge in [-0.05, 0) is 135 Å². The van der Waals surface area contributed by atoms with Crippen molar-refractivity contribution >= 4 is 17.9 Å². The Morgan fingerprint density at radius 3 is 0.829 bits per heavy atom. The van der Waals surface area contributed by atoms with Crippen LogP contribution in [0.2, 0.25) is 0 Å². The van der Waals surface area contributed by atoms with Crippen LogP contribution in [0, 0.1) is 0 Å². The normalized spacial score (nSPS) is 13.0. The first-order valence-electron chi connectivity index (χ1n) is 31.2. The van der Waals surface area contributed by atoms with Crippen LogP contribution in [-0.4, -0.2) is 37.2 Å². The average molecular weight is 1050 g/mol. The van der Waals surface area contributed by atoms with Crippen molar-refractivity contribution < 1.29 is 28.6 Å². The van der Waals surface area contributed by atoms with Crippen molar-refractivity contribution in [3.8, 4) is 0 Å². The first-order chi connectivity index (χ1) is 37.5. The molecular weight excluding hydrogens is 937 g/mol. The monoisotopic (exact) mass is 1050 g/mol. The maximum Gasteiger partial charge on any atom is 0.306 e. The van der Waals surface area contributed by atoms with E-state index in [1.54, 1.807) is 0 Å². The number of rotatable bonds is 55. The molecule has 0 heterocycles. The van der Waals surface area contributed by atoms with E-state index in [1.165, 1.54) is 89.9 Å². The summed E-state index contributed by atoms with van der Waals surface area (Å²) in [6.45, 7) is 6.35. The summed E-state index contributed by atoms with van der Waals surface area (Å²) in [4.78, 5) is 38.3. The fourth-order valence-electron chi connectivity index (χ4n) is 8.25. The number of esters is 3. The molecule has 76 heavy (non-hydrogen) atoms. The largest absolute Gasteiger partial charge is 0.462 e. The Kier molecular flexibility index (Phi) is 59.4. The van der Waals surface area contributed by atoms with Crippen molar-refractivity contribution in [1.29, 1.82) is 0 Å². The zero-order valence-electron chi connectivity index (χ0n) is 49.2. The zero-order valence-corrected chi connectivity index (χ0v) is 49.2. The predicted molar refractivity (Wildman–Crippen MR) is 329 cm³/mol. The molecule has 0 rings (SSSR count). The zero-order chi connectivity index (χ0) is 55.0. The van der Waals surface area contributed by atoms with Crippen LogP contribution in [0.25, 0.3) is 0 Å². The van der Waals surface area contributed by atoms with Gasteiger partial charge in [0, 0.05) is 19.3 Å². The Labute approximate surface area is 468 Å². The third-order valence-electron chi connectivity index (χ3n) is 12.9. The van der Waals surface area contributed by atoms with Crippen LogP contribution in [-0.2, 0) is 28.6 Å². The lowest BCUT2D eigenvalue weighted by molar-refractivity contribution is -0.167. The highest BCUT2D eigenvalue weighted by atomic mass is 16.6. The Balaban J connectivity index is 4.38. The van der Waals surface area contributed by atoms with E-state index in [0.29, 0.717) is 19.3 Å². The summed E-state index contributed by atoms with van der Waals surface area (Å²) in [5, 5.41) is 0. The average Bonchev–Trinajstić information content (AvgIpc) is 3.42. The summed E-state index contributed by atoms with van der Waals surface area (Å²) in [5.41, 5.74) is 0. The molecule has 0 amide bonds. The molecule has 0 aromatic carbocycles. The molecule has 0 aliphatic carbocycles. The van der Waals surface area contributed by atoms with E-state index in [9.17, 15) is 14.4 Å². The molecule has 0 saturated carbocycles. The van der Waals surface area contributed by atoms with Crippen LogP contribution in [0.4, 0.5) is 0 Å². The van der Waals surface area contributed by atoms with E-state index in [0.717, 1.165) is 141 Å². The highest BCUT2D eigenvalue weighted by molar-refractivity contribution is 5.71. The van der Waals surface area contributed by atoms with Gasteiger partial charge in [-0.2, -0.15) is 0 Å². The molecule has 0 bridgehead atoms. The van der Waals surface area contributed by atoms with Crippen molar-refractivity contribution in [2.24, 2.45) is 0 Å². The predicted octanol–water partition coefficient (Wildman–Crippen LogP) is 21.4. The minimum absolute atomic E-state index is 0.102. The molecule has 0 aliphatic heterocycles. The summed E-state index contributed by atoms with van der Waals surface area (Å²) in [6, 6.07) is 0.